The third-order valence-corrected chi connectivity index (χ3v) is 5.70. The van der Waals surface area contributed by atoms with Gasteiger partial charge in [0, 0.05) is 37.3 Å². The fourth-order valence-corrected chi connectivity index (χ4v) is 4.27. The van der Waals surface area contributed by atoms with Crippen LogP contribution in [-0.4, -0.2) is 38.0 Å². The first-order chi connectivity index (χ1) is 13.5. The number of nitrogens with zero attached hydrogens (tertiary/aromatic N) is 1. The van der Waals surface area contributed by atoms with Crippen LogP contribution in [0.4, 0.5) is 8.78 Å². The van der Waals surface area contributed by atoms with Gasteiger partial charge in [-0.05, 0) is 61.9 Å². The highest BCUT2D eigenvalue weighted by Gasteiger charge is 2.28. The monoisotopic (exact) mass is 389 g/mol. The van der Waals surface area contributed by atoms with E-state index in [1.807, 2.05) is 11.1 Å². The molecule has 0 aromatic heterocycles. The molecule has 0 aliphatic carbocycles. The summed E-state index contributed by atoms with van der Waals surface area (Å²) in [5, 5.41) is 1.97. The molecule has 152 valence electrons. The first-order valence-corrected chi connectivity index (χ1v) is 9.88. The van der Waals surface area contributed by atoms with Gasteiger partial charge < -0.3 is 9.57 Å². The van der Waals surface area contributed by atoms with Crippen LogP contribution in [0.15, 0.2) is 36.4 Å². The lowest BCUT2D eigenvalue weighted by molar-refractivity contribution is -0.180. The number of aryl methyl sites for hydroxylation is 2. The smallest absolute Gasteiger partial charge is 0.129 e. The summed E-state index contributed by atoms with van der Waals surface area (Å²) >= 11 is 0. The number of rotatable bonds is 7. The Morgan fingerprint density at radius 2 is 1.61 bits per heavy atom. The van der Waals surface area contributed by atoms with Gasteiger partial charge in [-0.25, -0.2) is 8.78 Å². The van der Waals surface area contributed by atoms with E-state index in [4.69, 9.17) is 9.57 Å². The van der Waals surface area contributed by atoms with Crippen LogP contribution in [0.5, 0.6) is 0 Å². The van der Waals surface area contributed by atoms with Gasteiger partial charge in [-0.15, -0.1) is 0 Å². The topological polar surface area (TPSA) is 21.7 Å². The van der Waals surface area contributed by atoms with Gasteiger partial charge in [-0.2, -0.15) is 5.06 Å². The Balaban J connectivity index is 1.94. The van der Waals surface area contributed by atoms with Crippen LogP contribution in [0.1, 0.15) is 41.0 Å². The van der Waals surface area contributed by atoms with Gasteiger partial charge in [-0.3, -0.25) is 0 Å². The molecule has 0 spiro atoms. The lowest BCUT2D eigenvalue weighted by Gasteiger charge is -2.35. The second-order valence-corrected chi connectivity index (χ2v) is 7.53. The first kappa shape index (κ1) is 20.9. The highest BCUT2D eigenvalue weighted by atomic mass is 19.1. The Labute approximate surface area is 166 Å². The third-order valence-electron chi connectivity index (χ3n) is 5.70. The normalized spacial score (nSPS) is 16.5. The molecule has 1 aliphatic rings. The molecule has 1 atom stereocenters. The summed E-state index contributed by atoms with van der Waals surface area (Å²) in [6.07, 6.45) is 2.07. The van der Waals surface area contributed by atoms with Crippen molar-refractivity contribution in [2.45, 2.75) is 45.1 Å². The number of hydrogen-bond acceptors (Lipinski definition) is 3. The van der Waals surface area contributed by atoms with Crippen molar-refractivity contribution < 1.29 is 18.4 Å². The SMILES string of the molecule is CON(CC(Cc1c(F)cccc1F)c1c(C)cccc1C)C1CCOCC1. The molecule has 1 saturated heterocycles. The highest BCUT2D eigenvalue weighted by Crippen LogP contribution is 2.31. The Morgan fingerprint density at radius 3 is 2.18 bits per heavy atom. The third kappa shape index (κ3) is 4.77. The zero-order chi connectivity index (χ0) is 20.1. The second kappa shape index (κ2) is 9.59. The average Bonchev–Trinajstić information content (AvgIpc) is 2.69. The predicted octanol–water partition coefficient (Wildman–Crippen LogP) is 4.95. The summed E-state index contributed by atoms with van der Waals surface area (Å²) in [6, 6.07) is 10.4. The minimum atomic E-state index is -0.494. The molecule has 0 radical (unpaired) electrons. The number of halogens is 2. The van der Waals surface area contributed by atoms with Gasteiger partial charge in [0.05, 0.1) is 7.11 Å². The van der Waals surface area contributed by atoms with Gasteiger partial charge in [-0.1, -0.05) is 24.3 Å². The molecule has 1 unspecified atom stereocenters. The second-order valence-electron chi connectivity index (χ2n) is 7.53. The quantitative estimate of drug-likeness (QED) is 0.626. The van der Waals surface area contributed by atoms with E-state index < -0.39 is 11.6 Å². The molecule has 28 heavy (non-hydrogen) atoms. The van der Waals surface area contributed by atoms with Crippen molar-refractivity contribution in [3.63, 3.8) is 0 Å². The van der Waals surface area contributed by atoms with Crippen LogP contribution in [0, 0.1) is 25.5 Å². The molecule has 2 aromatic rings. The van der Waals surface area contributed by atoms with Crippen molar-refractivity contribution in [1.82, 2.24) is 5.06 Å². The average molecular weight is 389 g/mol. The molecule has 0 N–H and O–H groups in total. The van der Waals surface area contributed by atoms with E-state index in [9.17, 15) is 8.78 Å². The summed E-state index contributed by atoms with van der Waals surface area (Å²) in [5.41, 5.74) is 3.53. The van der Waals surface area contributed by atoms with E-state index in [2.05, 4.69) is 26.0 Å². The van der Waals surface area contributed by atoms with Crippen molar-refractivity contribution in [2.75, 3.05) is 26.9 Å². The van der Waals surface area contributed by atoms with Crippen molar-refractivity contribution in [3.8, 4) is 0 Å². The van der Waals surface area contributed by atoms with Crippen LogP contribution in [-0.2, 0) is 16.0 Å². The summed E-state index contributed by atoms with van der Waals surface area (Å²) in [4.78, 5) is 5.71. The summed E-state index contributed by atoms with van der Waals surface area (Å²) in [6.45, 7) is 6.10. The van der Waals surface area contributed by atoms with Crippen LogP contribution >= 0.6 is 0 Å². The largest absolute Gasteiger partial charge is 0.381 e. The van der Waals surface area contributed by atoms with Gasteiger partial charge in [0.2, 0.25) is 0 Å². The highest BCUT2D eigenvalue weighted by molar-refractivity contribution is 5.38. The van der Waals surface area contributed by atoms with E-state index in [0.717, 1.165) is 29.5 Å². The molecule has 3 nitrogen and oxygen atoms in total. The van der Waals surface area contributed by atoms with Gasteiger partial charge in [0.15, 0.2) is 0 Å². The molecule has 3 rings (SSSR count). The Kier molecular flexibility index (Phi) is 7.16. The Hall–Kier alpha value is -1.82. The number of ether oxygens (including phenoxy) is 1. The van der Waals surface area contributed by atoms with E-state index in [0.29, 0.717) is 19.8 Å². The maximum Gasteiger partial charge on any atom is 0.129 e. The van der Waals surface area contributed by atoms with E-state index in [1.54, 1.807) is 7.11 Å². The lowest BCUT2D eigenvalue weighted by atomic mass is 9.85. The predicted molar refractivity (Wildman–Crippen MR) is 106 cm³/mol. The Bertz CT molecular complexity index is 750. The Morgan fingerprint density at radius 1 is 1.04 bits per heavy atom. The minimum absolute atomic E-state index is 0.0876. The van der Waals surface area contributed by atoms with Crippen molar-refractivity contribution >= 4 is 0 Å². The summed E-state index contributed by atoms with van der Waals surface area (Å²) in [5.74, 6) is -1.08. The summed E-state index contributed by atoms with van der Waals surface area (Å²) in [7, 11) is 1.67. The fraction of sp³-hybridized carbons (Fsp3) is 0.478. The molecule has 0 bridgehead atoms. The maximum atomic E-state index is 14.4. The van der Waals surface area contributed by atoms with Crippen molar-refractivity contribution in [1.29, 1.82) is 0 Å². The molecule has 1 aliphatic heterocycles. The molecular weight excluding hydrogens is 360 g/mol. The molecule has 5 heteroatoms. The maximum absolute atomic E-state index is 14.4. The van der Waals surface area contributed by atoms with Crippen molar-refractivity contribution in [2.24, 2.45) is 0 Å². The molecule has 0 amide bonds. The zero-order valence-electron chi connectivity index (χ0n) is 16.9. The van der Waals surface area contributed by atoms with E-state index in [1.165, 1.54) is 18.2 Å². The van der Waals surface area contributed by atoms with Crippen LogP contribution in [0.3, 0.4) is 0 Å². The molecule has 2 aromatic carbocycles. The number of benzene rings is 2. The van der Waals surface area contributed by atoms with Gasteiger partial charge in [0.1, 0.15) is 11.6 Å². The van der Waals surface area contributed by atoms with Crippen molar-refractivity contribution in [3.05, 3.63) is 70.3 Å². The molecule has 0 saturated carbocycles. The summed E-state index contributed by atoms with van der Waals surface area (Å²) < 4.78 is 34.3. The molecular formula is C23H29F2NO2. The van der Waals surface area contributed by atoms with Gasteiger partial charge >= 0.3 is 0 Å². The van der Waals surface area contributed by atoms with Crippen LogP contribution in [0.25, 0.3) is 0 Å². The van der Waals surface area contributed by atoms with Gasteiger partial charge in [0.25, 0.3) is 0 Å². The van der Waals surface area contributed by atoms with Crippen LogP contribution < -0.4 is 0 Å². The van der Waals surface area contributed by atoms with Crippen LogP contribution in [0.2, 0.25) is 0 Å². The standard InChI is InChI=1S/C23H29F2NO2/c1-16-6-4-7-17(2)23(16)18(14-20-21(24)8-5-9-22(20)25)15-26(27-3)19-10-12-28-13-11-19/h4-9,18-19H,10-15H2,1-3H3. The lowest BCUT2D eigenvalue weighted by Crippen LogP contribution is -2.41. The molecule has 1 fully saturated rings. The first-order valence-electron chi connectivity index (χ1n) is 9.88. The van der Waals surface area contributed by atoms with E-state index >= 15 is 0 Å². The molecule has 1 heterocycles. The number of hydrogen-bond donors (Lipinski definition) is 0. The number of hydroxylamine groups is 2. The van der Waals surface area contributed by atoms with E-state index in [-0.39, 0.29) is 23.9 Å². The minimum Gasteiger partial charge on any atom is -0.381 e. The zero-order valence-corrected chi connectivity index (χ0v) is 16.9. The fourth-order valence-electron chi connectivity index (χ4n) is 4.27.